The first-order valence-corrected chi connectivity index (χ1v) is 8.80. The lowest BCUT2D eigenvalue weighted by Crippen LogP contribution is -2.54. The number of aromatic nitrogens is 1. The van der Waals surface area contributed by atoms with E-state index in [1.54, 1.807) is 17.5 Å². The van der Waals surface area contributed by atoms with Gasteiger partial charge in [-0.1, -0.05) is 0 Å². The third-order valence-corrected chi connectivity index (χ3v) is 4.91. The molecule has 2 aliphatic rings. The Kier molecular flexibility index (Phi) is 4.54. The van der Waals surface area contributed by atoms with Gasteiger partial charge in [-0.2, -0.15) is 0 Å². The molecule has 1 aromatic rings. The Morgan fingerprint density at radius 3 is 3.18 bits per heavy atom. The van der Waals surface area contributed by atoms with Crippen molar-refractivity contribution in [3.63, 3.8) is 0 Å². The SMILES string of the molecule is CC(C)NC(=O)N1CCC[C@]2(C[C@@H](Nc3nccs3)CO2)C1. The molecule has 0 aromatic carbocycles. The van der Waals surface area contributed by atoms with Crippen molar-refractivity contribution < 1.29 is 9.53 Å². The molecule has 0 saturated carbocycles. The summed E-state index contributed by atoms with van der Waals surface area (Å²) in [4.78, 5) is 18.4. The van der Waals surface area contributed by atoms with Crippen molar-refractivity contribution in [3.8, 4) is 0 Å². The molecule has 3 rings (SSSR count). The third-order valence-electron chi connectivity index (χ3n) is 4.21. The summed E-state index contributed by atoms with van der Waals surface area (Å²) in [5.74, 6) is 0. The predicted octanol–water partition coefficient (Wildman–Crippen LogP) is 2.30. The van der Waals surface area contributed by atoms with Gasteiger partial charge in [-0.3, -0.25) is 0 Å². The fraction of sp³-hybridized carbons (Fsp3) is 0.733. The number of hydrogen-bond donors (Lipinski definition) is 2. The Morgan fingerprint density at radius 1 is 1.59 bits per heavy atom. The first kappa shape index (κ1) is 15.6. The zero-order chi connectivity index (χ0) is 15.6. The monoisotopic (exact) mass is 324 g/mol. The Balaban J connectivity index is 1.58. The Morgan fingerprint density at radius 2 is 2.45 bits per heavy atom. The number of nitrogens with one attached hydrogen (secondary N) is 2. The first-order valence-electron chi connectivity index (χ1n) is 7.92. The molecule has 2 aliphatic heterocycles. The molecule has 2 saturated heterocycles. The van der Waals surface area contributed by atoms with E-state index in [4.69, 9.17) is 4.74 Å². The Labute approximate surface area is 135 Å². The molecule has 22 heavy (non-hydrogen) atoms. The summed E-state index contributed by atoms with van der Waals surface area (Å²) in [6.07, 6.45) is 4.75. The van der Waals surface area contributed by atoms with Gasteiger partial charge in [0, 0.05) is 30.6 Å². The van der Waals surface area contributed by atoms with E-state index in [1.807, 2.05) is 24.1 Å². The molecule has 2 amide bonds. The number of urea groups is 1. The first-order chi connectivity index (χ1) is 10.6. The fourth-order valence-electron chi connectivity index (χ4n) is 3.30. The van der Waals surface area contributed by atoms with Crippen LogP contribution in [-0.4, -0.2) is 53.3 Å². The molecule has 0 bridgehead atoms. The minimum absolute atomic E-state index is 0.0222. The summed E-state index contributed by atoms with van der Waals surface area (Å²) in [5, 5.41) is 9.31. The number of piperidine rings is 1. The number of hydrogen-bond acceptors (Lipinski definition) is 5. The fourth-order valence-corrected chi connectivity index (χ4v) is 3.91. The number of carbonyl (C=O) groups is 1. The van der Waals surface area contributed by atoms with Gasteiger partial charge in [-0.25, -0.2) is 9.78 Å². The average Bonchev–Trinajstić information content (AvgIpc) is 3.10. The van der Waals surface area contributed by atoms with Crippen LogP contribution in [0.15, 0.2) is 11.6 Å². The lowest BCUT2D eigenvalue weighted by Gasteiger charge is -2.39. The lowest BCUT2D eigenvalue weighted by molar-refractivity contribution is -0.0410. The molecular formula is C15H24N4O2S. The number of carbonyl (C=O) groups excluding carboxylic acids is 1. The maximum absolute atomic E-state index is 12.2. The molecule has 2 N–H and O–H groups in total. The summed E-state index contributed by atoms with van der Waals surface area (Å²) < 4.78 is 6.12. The van der Waals surface area contributed by atoms with Crippen LogP contribution in [0.1, 0.15) is 33.1 Å². The summed E-state index contributed by atoms with van der Waals surface area (Å²) in [5.41, 5.74) is -0.193. The molecule has 2 fully saturated rings. The van der Waals surface area contributed by atoms with Crippen molar-refractivity contribution >= 4 is 22.5 Å². The standard InChI is InChI=1S/C15H24N4O2S/c1-11(2)17-14(20)19-6-3-4-15(10-19)8-12(9-21-15)18-13-16-5-7-22-13/h5,7,11-12H,3-4,6,8-10H2,1-2H3,(H,16,18)(H,17,20)/t12-,15+/m1/s1. The maximum Gasteiger partial charge on any atom is 0.317 e. The van der Waals surface area contributed by atoms with Gasteiger partial charge in [0.05, 0.1) is 24.8 Å². The second-order valence-electron chi connectivity index (χ2n) is 6.51. The maximum atomic E-state index is 12.2. The van der Waals surface area contributed by atoms with E-state index in [9.17, 15) is 4.79 Å². The van der Waals surface area contributed by atoms with E-state index in [-0.39, 0.29) is 23.7 Å². The number of thiazole rings is 1. The third kappa shape index (κ3) is 3.52. The summed E-state index contributed by atoms with van der Waals surface area (Å²) in [6.45, 7) is 6.14. The molecule has 0 aliphatic carbocycles. The van der Waals surface area contributed by atoms with Gasteiger partial charge in [-0.05, 0) is 26.7 Å². The van der Waals surface area contributed by atoms with E-state index in [0.29, 0.717) is 13.2 Å². The highest BCUT2D eigenvalue weighted by molar-refractivity contribution is 7.13. The topological polar surface area (TPSA) is 66.5 Å². The molecule has 2 atom stereocenters. The van der Waals surface area contributed by atoms with E-state index in [0.717, 1.165) is 30.9 Å². The average molecular weight is 324 g/mol. The van der Waals surface area contributed by atoms with Crippen LogP contribution in [0.25, 0.3) is 0 Å². The van der Waals surface area contributed by atoms with Gasteiger partial charge in [-0.15, -0.1) is 11.3 Å². The van der Waals surface area contributed by atoms with Crippen molar-refractivity contribution in [2.75, 3.05) is 25.0 Å². The summed E-state index contributed by atoms with van der Waals surface area (Å²) in [7, 11) is 0. The second-order valence-corrected chi connectivity index (χ2v) is 7.40. The van der Waals surface area contributed by atoms with Crippen LogP contribution < -0.4 is 10.6 Å². The van der Waals surface area contributed by atoms with Gasteiger partial charge < -0.3 is 20.3 Å². The van der Waals surface area contributed by atoms with Crippen LogP contribution in [-0.2, 0) is 4.74 Å². The van der Waals surface area contributed by atoms with Gasteiger partial charge in [0.25, 0.3) is 0 Å². The molecule has 0 radical (unpaired) electrons. The quantitative estimate of drug-likeness (QED) is 0.895. The van der Waals surface area contributed by atoms with Crippen molar-refractivity contribution in [2.45, 2.75) is 50.8 Å². The van der Waals surface area contributed by atoms with Crippen LogP contribution in [0.3, 0.4) is 0 Å². The molecule has 122 valence electrons. The van der Waals surface area contributed by atoms with Crippen LogP contribution in [0.4, 0.5) is 9.93 Å². The van der Waals surface area contributed by atoms with Crippen LogP contribution in [0, 0.1) is 0 Å². The van der Waals surface area contributed by atoms with Gasteiger partial charge in [0.2, 0.25) is 0 Å². The van der Waals surface area contributed by atoms with Crippen molar-refractivity contribution in [1.29, 1.82) is 0 Å². The Hall–Kier alpha value is -1.34. The minimum Gasteiger partial charge on any atom is -0.371 e. The molecule has 3 heterocycles. The van der Waals surface area contributed by atoms with Gasteiger partial charge >= 0.3 is 6.03 Å². The second kappa shape index (κ2) is 6.42. The van der Waals surface area contributed by atoms with E-state index < -0.39 is 0 Å². The van der Waals surface area contributed by atoms with Gasteiger partial charge in [0.1, 0.15) is 0 Å². The van der Waals surface area contributed by atoms with Crippen LogP contribution >= 0.6 is 11.3 Å². The summed E-state index contributed by atoms with van der Waals surface area (Å²) in [6, 6.07) is 0.461. The lowest BCUT2D eigenvalue weighted by atomic mass is 9.89. The van der Waals surface area contributed by atoms with Crippen molar-refractivity contribution in [3.05, 3.63) is 11.6 Å². The van der Waals surface area contributed by atoms with E-state index >= 15 is 0 Å². The molecule has 1 aromatic heterocycles. The minimum atomic E-state index is -0.193. The molecular weight excluding hydrogens is 300 g/mol. The molecule has 7 heteroatoms. The predicted molar refractivity (Wildman–Crippen MR) is 87.3 cm³/mol. The summed E-state index contributed by atoms with van der Waals surface area (Å²) >= 11 is 1.60. The van der Waals surface area contributed by atoms with E-state index in [2.05, 4.69) is 15.6 Å². The van der Waals surface area contributed by atoms with E-state index in [1.165, 1.54) is 0 Å². The number of anilines is 1. The van der Waals surface area contributed by atoms with Crippen LogP contribution in [0.2, 0.25) is 0 Å². The molecule has 6 nitrogen and oxygen atoms in total. The van der Waals surface area contributed by atoms with Crippen molar-refractivity contribution in [1.82, 2.24) is 15.2 Å². The highest BCUT2D eigenvalue weighted by Gasteiger charge is 2.44. The molecule has 1 spiro atoms. The van der Waals surface area contributed by atoms with Crippen LogP contribution in [0.5, 0.6) is 0 Å². The van der Waals surface area contributed by atoms with Gasteiger partial charge in [0.15, 0.2) is 5.13 Å². The zero-order valence-electron chi connectivity index (χ0n) is 13.2. The normalized spacial score (nSPS) is 28.3. The number of ether oxygens (including phenoxy) is 1. The number of rotatable bonds is 3. The zero-order valence-corrected chi connectivity index (χ0v) is 14.0. The highest BCUT2D eigenvalue weighted by atomic mass is 32.1. The highest BCUT2D eigenvalue weighted by Crippen LogP contribution is 2.36. The molecule has 0 unspecified atom stereocenters. The number of amides is 2. The smallest absolute Gasteiger partial charge is 0.317 e. The van der Waals surface area contributed by atoms with Crippen molar-refractivity contribution in [2.24, 2.45) is 0 Å². The number of nitrogens with zero attached hydrogens (tertiary/aromatic N) is 2. The Bertz CT molecular complexity index is 508. The number of likely N-dealkylation sites (tertiary alicyclic amines) is 1. The largest absolute Gasteiger partial charge is 0.371 e.